The minimum Gasteiger partial charge on any atom is -0.493 e. The number of H-pyrrole nitrogens is 2. The number of halogens is 1. The fourth-order valence-corrected chi connectivity index (χ4v) is 9.53. The smallest absolute Gasteiger partial charge is 0.274 e. The maximum absolute atomic E-state index is 14.6. The molecule has 0 aliphatic carbocycles. The zero-order valence-electron chi connectivity index (χ0n) is 44.0. The predicted octanol–water partition coefficient (Wildman–Crippen LogP) is 6.85. The lowest BCUT2D eigenvalue weighted by Gasteiger charge is -2.31. The molecule has 3 aromatic carbocycles. The number of rotatable bonds is 22. The molecule has 0 radical (unpaired) electrons. The first-order valence-electron chi connectivity index (χ1n) is 25.0. The minimum atomic E-state index is -0.936. The van der Waals surface area contributed by atoms with Gasteiger partial charge in [-0.1, -0.05) is 39.8 Å². The van der Waals surface area contributed by atoms with Crippen LogP contribution in [0, 0.1) is 11.3 Å². The van der Waals surface area contributed by atoms with E-state index >= 15 is 0 Å². The van der Waals surface area contributed by atoms with E-state index in [2.05, 4.69) is 25.9 Å². The number of hydrogen-bond donors (Lipinski definition) is 6. The molecule has 19 nitrogen and oxygen atoms in total. The first kappa shape index (κ1) is 55.2. The number of anilines is 2. The maximum Gasteiger partial charge on any atom is 0.274 e. The third kappa shape index (κ3) is 12.0. The van der Waals surface area contributed by atoms with Crippen molar-refractivity contribution in [2.45, 2.75) is 91.5 Å². The van der Waals surface area contributed by atoms with Gasteiger partial charge in [-0.25, -0.2) is 0 Å². The summed E-state index contributed by atoms with van der Waals surface area (Å²) in [7, 11) is 4.55. The fourth-order valence-electron chi connectivity index (χ4n) is 9.28. The summed E-state index contributed by atoms with van der Waals surface area (Å²) in [6, 6.07) is 12.4. The lowest BCUT2D eigenvalue weighted by Crippen LogP contribution is -2.55. The van der Waals surface area contributed by atoms with E-state index in [1.165, 1.54) is 21.3 Å². The molecule has 0 spiro atoms. The highest BCUT2D eigenvalue weighted by molar-refractivity contribution is 6.19. The van der Waals surface area contributed by atoms with E-state index in [0.717, 1.165) is 11.1 Å². The number of benzene rings is 3. The Balaban J connectivity index is 1.07. The summed E-state index contributed by atoms with van der Waals surface area (Å²) in [5, 5.41) is 9.91. The number of nitrogens with two attached hydrogens (primary N) is 1. The standard InChI is InChI=1S/C54H71ClN8O11/c1-30(2)43(61-52(68)53(4,5)16-20-74-54(6,7)15-17-56)49(65)57-31(3)48(64)58-35-13-11-32(12-14-35)29-73-40-26-39-42(36-25-38(60-45(36)40)50(66)62-18-21-72-22-19-62)34(27-55)28-63(39)51(67)37-23-33-24-41(69-8)46(70-9)47(71-10)44(33)59-37/h11-14,23-26,30-31,34,43,59-60H,15-22,27-29,56H2,1-10H3,(H,57,65)(H,58,64)(H,61,68)/t31-,34-,43-/m1/s1. The average molecular weight is 1040 g/mol. The van der Waals surface area contributed by atoms with Crippen molar-refractivity contribution in [3.63, 3.8) is 0 Å². The Kier molecular flexibility index (Phi) is 17.4. The third-order valence-electron chi connectivity index (χ3n) is 13.8. The summed E-state index contributed by atoms with van der Waals surface area (Å²) < 4.78 is 34.9. The number of morpholine rings is 1. The molecular formula is C54H71ClN8O11. The number of hydrogen-bond acceptors (Lipinski definition) is 12. The van der Waals surface area contributed by atoms with Crippen LogP contribution in [-0.2, 0) is 30.5 Å². The molecule has 3 atom stereocenters. The first-order chi connectivity index (χ1) is 35.2. The van der Waals surface area contributed by atoms with Gasteiger partial charge in [-0.05, 0) is 87.5 Å². The number of alkyl halides is 1. The molecule has 0 bridgehead atoms. The van der Waals surface area contributed by atoms with Crippen molar-refractivity contribution in [1.29, 1.82) is 0 Å². The molecular weight excluding hydrogens is 972 g/mol. The minimum absolute atomic E-state index is 0.0805. The molecule has 7 rings (SSSR count). The summed E-state index contributed by atoms with van der Waals surface area (Å²) in [6.07, 6.45) is 1.11. The highest BCUT2D eigenvalue weighted by Gasteiger charge is 2.38. The molecule has 2 aliphatic rings. The van der Waals surface area contributed by atoms with Gasteiger partial charge in [0.05, 0.1) is 56.9 Å². The van der Waals surface area contributed by atoms with Crippen molar-refractivity contribution in [2.24, 2.45) is 17.1 Å². The number of carbonyl (C=O) groups is 5. The zero-order chi connectivity index (χ0) is 53.6. The van der Waals surface area contributed by atoms with Crippen LogP contribution < -0.4 is 45.5 Å². The quantitative estimate of drug-likeness (QED) is 0.0390. The molecule has 400 valence electrons. The Morgan fingerprint density at radius 2 is 1.50 bits per heavy atom. The second-order valence-corrected chi connectivity index (χ2v) is 20.7. The van der Waals surface area contributed by atoms with Crippen LogP contribution in [0.4, 0.5) is 11.4 Å². The van der Waals surface area contributed by atoms with Gasteiger partial charge < -0.3 is 69.9 Å². The number of methoxy groups -OCH3 is 3. The van der Waals surface area contributed by atoms with Gasteiger partial charge in [-0.2, -0.15) is 0 Å². The van der Waals surface area contributed by atoms with Crippen LogP contribution in [-0.4, -0.2) is 135 Å². The molecule has 2 aliphatic heterocycles. The molecule has 5 amide bonds. The maximum atomic E-state index is 14.6. The second kappa shape index (κ2) is 23.3. The highest BCUT2D eigenvalue weighted by Crippen LogP contribution is 2.48. The fraction of sp³-hybridized carbons (Fsp3) is 0.500. The van der Waals surface area contributed by atoms with Crippen LogP contribution in [0.25, 0.3) is 21.8 Å². The summed E-state index contributed by atoms with van der Waals surface area (Å²) in [5.41, 5.74) is 8.89. The van der Waals surface area contributed by atoms with Gasteiger partial charge in [0.1, 0.15) is 35.8 Å². The normalized spacial score (nSPS) is 15.7. The molecule has 4 heterocycles. The summed E-state index contributed by atoms with van der Waals surface area (Å²) >= 11 is 6.68. The van der Waals surface area contributed by atoms with Crippen LogP contribution in [0.15, 0.2) is 48.5 Å². The van der Waals surface area contributed by atoms with Crippen LogP contribution >= 0.6 is 11.6 Å². The van der Waals surface area contributed by atoms with E-state index in [1.54, 1.807) is 73.0 Å². The van der Waals surface area contributed by atoms with Gasteiger partial charge in [0.2, 0.25) is 23.5 Å². The Morgan fingerprint density at radius 3 is 2.14 bits per heavy atom. The van der Waals surface area contributed by atoms with Crippen molar-refractivity contribution in [2.75, 3.05) is 83.4 Å². The number of fused-ring (bicyclic) bond motifs is 4. The van der Waals surface area contributed by atoms with Gasteiger partial charge >= 0.3 is 0 Å². The predicted molar refractivity (Wildman–Crippen MR) is 284 cm³/mol. The lowest BCUT2D eigenvalue weighted by atomic mass is 9.87. The Bertz CT molecular complexity index is 2850. The monoisotopic (exact) mass is 1040 g/mol. The number of carbonyl (C=O) groups excluding carboxylic acids is 5. The Hall–Kier alpha value is -6.54. The molecule has 1 saturated heterocycles. The van der Waals surface area contributed by atoms with Gasteiger partial charge in [-0.3, -0.25) is 24.0 Å². The SMILES string of the molecule is COc1cc2cc(C(=O)N3C[C@@H](CCl)c4c3cc(OCc3ccc(NC(=O)[C@@H](C)NC(=O)[C@H](NC(=O)C(C)(C)CCOC(C)(C)CCN)C(C)C)cc3)c3[nH]c(C(=O)N5CCOCC5)cc43)[nH]c2c(OC)c1OC. The number of nitrogens with one attached hydrogen (secondary N) is 5. The van der Waals surface area contributed by atoms with Crippen molar-refractivity contribution in [1.82, 2.24) is 25.5 Å². The molecule has 2 aromatic heterocycles. The topological polar surface area (TPSA) is 241 Å². The molecule has 0 saturated carbocycles. The third-order valence-corrected chi connectivity index (χ3v) is 14.2. The summed E-state index contributed by atoms with van der Waals surface area (Å²) in [5.74, 6) is -0.468. The van der Waals surface area contributed by atoms with Crippen LogP contribution in [0.2, 0.25) is 0 Å². The van der Waals surface area contributed by atoms with Crippen LogP contribution in [0.5, 0.6) is 23.0 Å². The average Bonchev–Trinajstić information content (AvgIpc) is 4.12. The van der Waals surface area contributed by atoms with E-state index in [0.29, 0.717) is 120 Å². The van der Waals surface area contributed by atoms with E-state index in [9.17, 15) is 24.0 Å². The van der Waals surface area contributed by atoms with Crippen molar-refractivity contribution in [3.8, 4) is 23.0 Å². The van der Waals surface area contributed by atoms with Crippen molar-refractivity contribution >= 4 is 74.3 Å². The van der Waals surface area contributed by atoms with E-state index in [1.807, 2.05) is 33.8 Å². The van der Waals surface area contributed by atoms with Crippen molar-refractivity contribution < 1.29 is 52.4 Å². The van der Waals surface area contributed by atoms with Crippen LogP contribution in [0.1, 0.15) is 99.3 Å². The molecule has 0 unspecified atom stereocenters. The van der Waals surface area contributed by atoms with E-state index in [4.69, 9.17) is 45.8 Å². The Labute approximate surface area is 436 Å². The molecule has 7 N–H and O–H groups in total. The van der Waals surface area contributed by atoms with Gasteiger partial charge in [0.15, 0.2) is 11.5 Å². The Morgan fingerprint density at radius 1 is 0.824 bits per heavy atom. The molecule has 74 heavy (non-hydrogen) atoms. The van der Waals surface area contributed by atoms with E-state index < -0.39 is 34.9 Å². The number of amides is 5. The zero-order valence-corrected chi connectivity index (χ0v) is 44.8. The lowest BCUT2D eigenvalue weighted by molar-refractivity contribution is -0.137. The van der Waals surface area contributed by atoms with Gasteiger partial charge in [0, 0.05) is 66.0 Å². The van der Waals surface area contributed by atoms with Crippen molar-refractivity contribution in [3.05, 3.63) is 71.0 Å². The van der Waals surface area contributed by atoms with Crippen LogP contribution in [0.3, 0.4) is 0 Å². The number of ether oxygens (including phenoxy) is 6. The largest absolute Gasteiger partial charge is 0.493 e. The second-order valence-electron chi connectivity index (χ2n) is 20.4. The molecule has 20 heteroatoms. The number of nitrogens with zero attached hydrogens (tertiary/aromatic N) is 2. The van der Waals surface area contributed by atoms with Gasteiger partial charge in [0.25, 0.3) is 11.8 Å². The molecule has 1 fully saturated rings. The van der Waals surface area contributed by atoms with Gasteiger partial charge in [-0.15, -0.1) is 11.6 Å². The first-order valence-corrected chi connectivity index (χ1v) is 25.5. The summed E-state index contributed by atoms with van der Waals surface area (Å²) in [6.45, 7) is 15.7. The number of aromatic nitrogens is 2. The summed E-state index contributed by atoms with van der Waals surface area (Å²) in [4.78, 5) is 79.0. The highest BCUT2D eigenvalue weighted by atomic mass is 35.5. The number of aromatic amines is 2. The molecule has 5 aromatic rings. The van der Waals surface area contributed by atoms with E-state index in [-0.39, 0.29) is 48.6 Å².